The molecule has 0 aromatic carbocycles. The van der Waals surface area contributed by atoms with Crippen molar-refractivity contribution < 1.29 is 4.79 Å². The van der Waals surface area contributed by atoms with Gasteiger partial charge in [-0.25, -0.2) is 4.98 Å². The Labute approximate surface area is 149 Å². The van der Waals surface area contributed by atoms with Crippen molar-refractivity contribution in [1.29, 1.82) is 0 Å². The number of thiazole rings is 1. The number of aromatic nitrogens is 1. The Bertz CT molecular complexity index is 460. The van der Waals surface area contributed by atoms with Crippen LogP contribution in [0.2, 0.25) is 0 Å². The molecule has 0 saturated carbocycles. The standard InChI is InChI=1S/C15H25N3OS.2ClH/c1-4-5-13-17-11(2)14(20-13)15(19)18-8-6-12(7-9-18)10-16-3;;/h12,16H,4-10H2,1-3H3;2*1H. The van der Waals surface area contributed by atoms with Crippen molar-refractivity contribution in [3.63, 3.8) is 0 Å². The molecule has 1 aliphatic rings. The van der Waals surface area contributed by atoms with E-state index in [4.69, 9.17) is 0 Å². The van der Waals surface area contributed by atoms with E-state index in [1.54, 1.807) is 11.3 Å². The third-order valence-electron chi connectivity index (χ3n) is 3.89. The SMILES string of the molecule is CCCc1nc(C)c(C(=O)N2CCC(CNC)CC2)s1.Cl.Cl. The number of nitrogens with one attached hydrogen (secondary N) is 1. The van der Waals surface area contributed by atoms with Crippen LogP contribution in [0.25, 0.3) is 0 Å². The van der Waals surface area contributed by atoms with Crippen LogP contribution in [0.4, 0.5) is 0 Å². The lowest BCUT2D eigenvalue weighted by Gasteiger charge is -2.31. The molecule has 2 heterocycles. The van der Waals surface area contributed by atoms with E-state index >= 15 is 0 Å². The van der Waals surface area contributed by atoms with Gasteiger partial charge in [0, 0.05) is 13.1 Å². The highest BCUT2D eigenvalue weighted by atomic mass is 35.5. The van der Waals surface area contributed by atoms with Crippen molar-refractivity contribution in [2.24, 2.45) is 5.92 Å². The summed E-state index contributed by atoms with van der Waals surface area (Å²) in [4.78, 5) is 20.0. The first-order valence-corrected chi connectivity index (χ1v) is 8.37. The molecule has 1 saturated heterocycles. The monoisotopic (exact) mass is 367 g/mol. The van der Waals surface area contributed by atoms with Gasteiger partial charge in [0.2, 0.25) is 0 Å². The second-order valence-corrected chi connectivity index (χ2v) is 6.65. The number of rotatable bonds is 5. The summed E-state index contributed by atoms with van der Waals surface area (Å²) < 4.78 is 0. The van der Waals surface area contributed by atoms with Gasteiger partial charge in [0.05, 0.1) is 10.7 Å². The number of carbonyl (C=O) groups excluding carboxylic acids is 1. The van der Waals surface area contributed by atoms with Crippen LogP contribution in [0, 0.1) is 12.8 Å². The Kier molecular flexibility index (Phi) is 10.3. The van der Waals surface area contributed by atoms with E-state index in [1.165, 1.54) is 0 Å². The molecule has 2 rings (SSSR count). The second kappa shape index (κ2) is 10.4. The van der Waals surface area contributed by atoms with Gasteiger partial charge in [0.1, 0.15) is 4.88 Å². The van der Waals surface area contributed by atoms with Gasteiger partial charge < -0.3 is 10.2 Å². The van der Waals surface area contributed by atoms with Gasteiger partial charge in [-0.15, -0.1) is 36.2 Å². The van der Waals surface area contributed by atoms with Gasteiger partial charge in [-0.2, -0.15) is 0 Å². The number of hydrogen-bond donors (Lipinski definition) is 1. The van der Waals surface area contributed by atoms with Crippen LogP contribution in [0.3, 0.4) is 0 Å². The minimum atomic E-state index is 0. The maximum atomic E-state index is 12.6. The summed E-state index contributed by atoms with van der Waals surface area (Å²) in [5, 5.41) is 4.32. The summed E-state index contributed by atoms with van der Waals surface area (Å²) in [5.74, 6) is 0.896. The first kappa shape index (κ1) is 21.6. The topological polar surface area (TPSA) is 45.2 Å². The third kappa shape index (κ3) is 5.37. The van der Waals surface area contributed by atoms with Crippen LogP contribution in [0.1, 0.15) is 46.6 Å². The molecule has 1 fully saturated rings. The molecule has 4 nitrogen and oxygen atoms in total. The summed E-state index contributed by atoms with van der Waals surface area (Å²) in [6, 6.07) is 0. The summed E-state index contributed by atoms with van der Waals surface area (Å²) in [6.45, 7) is 6.92. The van der Waals surface area contributed by atoms with E-state index in [0.717, 1.165) is 60.9 Å². The van der Waals surface area contributed by atoms with Crippen LogP contribution < -0.4 is 5.32 Å². The zero-order valence-electron chi connectivity index (χ0n) is 13.6. The lowest BCUT2D eigenvalue weighted by molar-refractivity contribution is 0.0695. The third-order valence-corrected chi connectivity index (χ3v) is 5.10. The minimum absolute atomic E-state index is 0. The van der Waals surface area contributed by atoms with Gasteiger partial charge >= 0.3 is 0 Å². The number of piperidine rings is 1. The number of aryl methyl sites for hydroxylation is 2. The predicted octanol–water partition coefficient (Wildman–Crippen LogP) is 3.32. The molecule has 1 aromatic rings. The quantitative estimate of drug-likeness (QED) is 0.867. The first-order chi connectivity index (χ1) is 9.65. The maximum Gasteiger partial charge on any atom is 0.265 e. The molecule has 0 unspecified atom stereocenters. The molecule has 0 radical (unpaired) electrons. The zero-order chi connectivity index (χ0) is 14.5. The molecule has 7 heteroatoms. The Morgan fingerprint density at radius 2 is 2.00 bits per heavy atom. The number of amides is 1. The normalized spacial score (nSPS) is 15.1. The molecule has 1 aromatic heterocycles. The highest BCUT2D eigenvalue weighted by Gasteiger charge is 2.25. The minimum Gasteiger partial charge on any atom is -0.338 e. The van der Waals surface area contributed by atoms with Crippen molar-refractivity contribution in [2.75, 3.05) is 26.7 Å². The largest absolute Gasteiger partial charge is 0.338 e. The highest BCUT2D eigenvalue weighted by molar-refractivity contribution is 7.13. The van der Waals surface area contributed by atoms with Gasteiger partial charge in [-0.1, -0.05) is 6.92 Å². The average Bonchev–Trinajstić information content (AvgIpc) is 2.80. The van der Waals surface area contributed by atoms with E-state index in [-0.39, 0.29) is 30.7 Å². The van der Waals surface area contributed by atoms with E-state index in [1.807, 2.05) is 18.9 Å². The summed E-state index contributed by atoms with van der Waals surface area (Å²) in [6.07, 6.45) is 4.26. The van der Waals surface area contributed by atoms with Crippen LogP contribution in [0.15, 0.2) is 0 Å². The van der Waals surface area contributed by atoms with Crippen molar-refractivity contribution in [1.82, 2.24) is 15.2 Å². The summed E-state index contributed by atoms with van der Waals surface area (Å²) >= 11 is 1.58. The van der Waals surface area contributed by atoms with Crippen LogP contribution >= 0.6 is 36.2 Å². The van der Waals surface area contributed by atoms with Crippen LogP contribution in [0.5, 0.6) is 0 Å². The molecular weight excluding hydrogens is 341 g/mol. The second-order valence-electron chi connectivity index (χ2n) is 5.57. The molecule has 1 amide bonds. The fourth-order valence-corrected chi connectivity index (χ4v) is 3.88. The molecule has 1 aliphatic heterocycles. The van der Waals surface area contributed by atoms with Gasteiger partial charge in [0.15, 0.2) is 0 Å². The Morgan fingerprint density at radius 1 is 1.36 bits per heavy atom. The molecule has 128 valence electrons. The molecule has 0 atom stereocenters. The fourth-order valence-electron chi connectivity index (χ4n) is 2.74. The van der Waals surface area contributed by atoms with E-state index in [0.29, 0.717) is 5.92 Å². The molecule has 0 aliphatic carbocycles. The first-order valence-electron chi connectivity index (χ1n) is 7.55. The number of halogens is 2. The average molecular weight is 368 g/mol. The van der Waals surface area contributed by atoms with Crippen LogP contribution in [-0.4, -0.2) is 42.5 Å². The Hall–Kier alpha value is -0.360. The molecule has 0 bridgehead atoms. The van der Waals surface area contributed by atoms with E-state index < -0.39 is 0 Å². The van der Waals surface area contributed by atoms with E-state index in [9.17, 15) is 4.79 Å². The smallest absolute Gasteiger partial charge is 0.265 e. The van der Waals surface area contributed by atoms with Crippen molar-refractivity contribution in [3.05, 3.63) is 15.6 Å². The predicted molar refractivity (Wildman–Crippen MR) is 97.9 cm³/mol. The van der Waals surface area contributed by atoms with E-state index in [2.05, 4.69) is 17.2 Å². The number of nitrogens with zero attached hydrogens (tertiary/aromatic N) is 2. The summed E-state index contributed by atoms with van der Waals surface area (Å²) in [7, 11) is 1.99. The van der Waals surface area contributed by atoms with Gasteiger partial charge in [-0.05, 0) is 52.1 Å². The molecule has 22 heavy (non-hydrogen) atoms. The van der Waals surface area contributed by atoms with Gasteiger partial charge in [-0.3, -0.25) is 4.79 Å². The molecule has 0 spiro atoms. The lowest BCUT2D eigenvalue weighted by Crippen LogP contribution is -2.40. The number of likely N-dealkylation sites (tertiary alicyclic amines) is 1. The molecular formula is C15H27Cl2N3OS. The van der Waals surface area contributed by atoms with Crippen LogP contribution in [-0.2, 0) is 6.42 Å². The summed E-state index contributed by atoms with van der Waals surface area (Å²) in [5.41, 5.74) is 0.904. The number of hydrogen-bond acceptors (Lipinski definition) is 4. The Balaban J connectivity index is 0.00000220. The fraction of sp³-hybridized carbons (Fsp3) is 0.733. The molecule has 1 N–H and O–H groups in total. The van der Waals surface area contributed by atoms with Gasteiger partial charge in [0.25, 0.3) is 5.91 Å². The van der Waals surface area contributed by atoms with Crippen molar-refractivity contribution >= 4 is 42.1 Å². The Morgan fingerprint density at radius 3 is 2.55 bits per heavy atom. The van der Waals surface area contributed by atoms with Crippen molar-refractivity contribution in [2.45, 2.75) is 39.5 Å². The maximum absolute atomic E-state index is 12.6. The lowest BCUT2D eigenvalue weighted by atomic mass is 9.97. The number of carbonyl (C=O) groups is 1. The highest BCUT2D eigenvalue weighted by Crippen LogP contribution is 2.24. The zero-order valence-corrected chi connectivity index (χ0v) is 16.0. The van der Waals surface area contributed by atoms with Crippen molar-refractivity contribution in [3.8, 4) is 0 Å².